The summed E-state index contributed by atoms with van der Waals surface area (Å²) in [5.41, 5.74) is 6.75. The van der Waals surface area contributed by atoms with Crippen molar-refractivity contribution in [2.24, 2.45) is 52.1 Å². The van der Waals surface area contributed by atoms with Crippen molar-refractivity contribution in [3.8, 4) is 0 Å². The second-order valence-corrected chi connectivity index (χ2v) is 12.5. The van der Waals surface area contributed by atoms with Gasteiger partial charge in [-0.1, -0.05) is 27.7 Å². The quantitative estimate of drug-likeness (QED) is 0.482. The number of aliphatic hydroxyl groups is 1. The van der Waals surface area contributed by atoms with Gasteiger partial charge < -0.3 is 16.2 Å². The molecular formula is C26H48N2O. The number of hydrogen-bond acceptors (Lipinski definition) is 3. The van der Waals surface area contributed by atoms with Crippen molar-refractivity contribution < 1.29 is 5.11 Å². The fourth-order valence-corrected chi connectivity index (χ4v) is 8.65. The summed E-state index contributed by atoms with van der Waals surface area (Å²) in [5.74, 6) is 5.72. The highest BCUT2D eigenvalue weighted by Gasteiger charge is 2.53. The van der Waals surface area contributed by atoms with Crippen LogP contribution in [-0.4, -0.2) is 30.3 Å². The van der Waals surface area contributed by atoms with Crippen LogP contribution < -0.4 is 11.1 Å². The van der Waals surface area contributed by atoms with E-state index >= 15 is 0 Å². The Bertz CT molecular complexity index is 517. The highest BCUT2D eigenvalue weighted by molar-refractivity contribution is 5.03. The maximum atomic E-state index is 10.0. The number of aliphatic hydroxyl groups excluding tert-OH is 1. The van der Waals surface area contributed by atoms with Crippen LogP contribution in [0.2, 0.25) is 0 Å². The second kappa shape index (κ2) is 8.43. The van der Waals surface area contributed by atoms with Crippen molar-refractivity contribution in [3.63, 3.8) is 0 Å². The molecule has 0 aromatic rings. The molecule has 4 rings (SSSR count). The van der Waals surface area contributed by atoms with E-state index in [0.717, 1.165) is 35.5 Å². The van der Waals surface area contributed by atoms with Crippen molar-refractivity contribution in [1.82, 2.24) is 5.32 Å². The van der Waals surface area contributed by atoms with Crippen LogP contribution in [-0.2, 0) is 0 Å². The van der Waals surface area contributed by atoms with Gasteiger partial charge in [-0.2, -0.15) is 0 Å². The van der Waals surface area contributed by atoms with Crippen LogP contribution in [0, 0.1) is 46.3 Å². The molecule has 0 aromatic carbocycles. The van der Waals surface area contributed by atoms with Gasteiger partial charge in [0.05, 0.1) is 6.10 Å². The van der Waals surface area contributed by atoms with Gasteiger partial charge in [0.15, 0.2) is 0 Å². The van der Waals surface area contributed by atoms with E-state index in [9.17, 15) is 5.11 Å². The van der Waals surface area contributed by atoms with E-state index in [0.29, 0.717) is 30.0 Å². The maximum absolute atomic E-state index is 10.0. The molecule has 7 atom stereocenters. The lowest BCUT2D eigenvalue weighted by atomic mass is 9.66. The van der Waals surface area contributed by atoms with Crippen LogP contribution in [0.1, 0.15) is 91.9 Å². The minimum atomic E-state index is -0.407. The Labute approximate surface area is 180 Å². The van der Waals surface area contributed by atoms with E-state index in [-0.39, 0.29) is 0 Å². The van der Waals surface area contributed by atoms with Crippen LogP contribution >= 0.6 is 0 Å². The standard InChI is InChI=1S/C26H48N2O/c1-25(2)19-7-5-17(13-19)23(25)11-9-21(28-16-22(29)15-27)10-12-24-18-6-8-20(14-18)26(24,3)4/h17-24,28-29H,5-16,27H2,1-4H3. The molecule has 7 unspecified atom stereocenters. The summed E-state index contributed by atoms with van der Waals surface area (Å²) in [7, 11) is 0. The topological polar surface area (TPSA) is 58.3 Å². The molecule has 4 bridgehead atoms. The molecule has 4 aliphatic carbocycles. The minimum absolute atomic E-state index is 0.360. The summed E-state index contributed by atoms with van der Waals surface area (Å²) >= 11 is 0. The summed E-state index contributed by atoms with van der Waals surface area (Å²) in [4.78, 5) is 0. The number of fused-ring (bicyclic) bond motifs is 4. The monoisotopic (exact) mass is 404 g/mol. The zero-order valence-electron chi connectivity index (χ0n) is 19.6. The molecule has 0 heterocycles. The normalized spacial score (nSPS) is 41.2. The van der Waals surface area contributed by atoms with Gasteiger partial charge in [-0.3, -0.25) is 0 Å². The van der Waals surface area contributed by atoms with Crippen LogP contribution in [0.3, 0.4) is 0 Å². The number of nitrogens with one attached hydrogen (secondary N) is 1. The fraction of sp³-hybridized carbons (Fsp3) is 1.00. The van der Waals surface area contributed by atoms with Crippen LogP contribution in [0.5, 0.6) is 0 Å². The molecule has 4 aliphatic rings. The third-order valence-corrected chi connectivity index (χ3v) is 10.7. The summed E-state index contributed by atoms with van der Waals surface area (Å²) in [6.07, 6.45) is 13.7. The molecule has 4 saturated carbocycles. The molecule has 3 nitrogen and oxygen atoms in total. The molecular weight excluding hydrogens is 356 g/mol. The highest BCUT2D eigenvalue weighted by Crippen LogP contribution is 2.62. The smallest absolute Gasteiger partial charge is 0.0786 e. The average molecular weight is 405 g/mol. The van der Waals surface area contributed by atoms with Gasteiger partial charge >= 0.3 is 0 Å². The van der Waals surface area contributed by atoms with Gasteiger partial charge in [-0.25, -0.2) is 0 Å². The Morgan fingerprint density at radius 3 is 1.72 bits per heavy atom. The number of hydrogen-bond donors (Lipinski definition) is 3. The molecule has 29 heavy (non-hydrogen) atoms. The van der Waals surface area contributed by atoms with Gasteiger partial charge in [0.25, 0.3) is 0 Å². The molecule has 0 spiro atoms. The van der Waals surface area contributed by atoms with E-state index in [1.165, 1.54) is 64.2 Å². The Morgan fingerprint density at radius 2 is 1.34 bits per heavy atom. The van der Waals surface area contributed by atoms with Gasteiger partial charge in [0, 0.05) is 19.1 Å². The Balaban J connectivity index is 1.34. The first-order valence-corrected chi connectivity index (χ1v) is 12.8. The molecule has 3 heteroatoms. The average Bonchev–Trinajstić information content (AvgIpc) is 3.42. The third kappa shape index (κ3) is 4.17. The van der Waals surface area contributed by atoms with E-state index in [2.05, 4.69) is 33.0 Å². The fourth-order valence-electron chi connectivity index (χ4n) is 8.65. The number of rotatable bonds is 10. The molecule has 0 amide bonds. The van der Waals surface area contributed by atoms with Gasteiger partial charge in [-0.05, 0) is 111 Å². The highest BCUT2D eigenvalue weighted by atomic mass is 16.3. The van der Waals surface area contributed by atoms with Crippen LogP contribution in [0.4, 0.5) is 0 Å². The molecule has 4 N–H and O–H groups in total. The van der Waals surface area contributed by atoms with Crippen molar-refractivity contribution in [2.75, 3.05) is 13.1 Å². The molecule has 4 fully saturated rings. The lowest BCUT2D eigenvalue weighted by Crippen LogP contribution is -2.40. The zero-order chi connectivity index (χ0) is 20.8. The summed E-state index contributed by atoms with van der Waals surface area (Å²) in [6, 6.07) is 0.543. The summed E-state index contributed by atoms with van der Waals surface area (Å²) in [6.45, 7) is 11.2. The Hall–Kier alpha value is -0.120. The second-order valence-electron chi connectivity index (χ2n) is 12.5. The van der Waals surface area contributed by atoms with Crippen molar-refractivity contribution in [1.29, 1.82) is 0 Å². The Morgan fingerprint density at radius 1 is 0.862 bits per heavy atom. The van der Waals surface area contributed by atoms with Crippen LogP contribution in [0.15, 0.2) is 0 Å². The molecule has 0 aromatic heterocycles. The van der Waals surface area contributed by atoms with E-state index in [4.69, 9.17) is 5.73 Å². The minimum Gasteiger partial charge on any atom is -0.390 e. The van der Waals surface area contributed by atoms with Crippen LogP contribution in [0.25, 0.3) is 0 Å². The van der Waals surface area contributed by atoms with Gasteiger partial charge in [-0.15, -0.1) is 0 Å². The summed E-state index contributed by atoms with van der Waals surface area (Å²) in [5, 5.41) is 13.7. The molecule has 0 saturated heterocycles. The Kier molecular flexibility index (Phi) is 6.42. The van der Waals surface area contributed by atoms with E-state index in [1.54, 1.807) is 0 Å². The predicted octanol–water partition coefficient (Wildman–Crippen LogP) is 4.97. The number of nitrogens with two attached hydrogens (primary N) is 1. The first-order valence-electron chi connectivity index (χ1n) is 12.8. The molecule has 0 radical (unpaired) electrons. The largest absolute Gasteiger partial charge is 0.390 e. The van der Waals surface area contributed by atoms with Crippen molar-refractivity contribution >= 4 is 0 Å². The van der Waals surface area contributed by atoms with Crippen molar-refractivity contribution in [3.05, 3.63) is 0 Å². The maximum Gasteiger partial charge on any atom is 0.0786 e. The van der Waals surface area contributed by atoms with E-state index in [1.807, 2.05) is 0 Å². The van der Waals surface area contributed by atoms with E-state index < -0.39 is 6.10 Å². The van der Waals surface area contributed by atoms with Crippen molar-refractivity contribution in [2.45, 2.75) is 104 Å². The SMILES string of the molecule is CC1(C)C2CCC(C2)C1CCC(CCC1C2CCC(C2)C1(C)C)NCC(O)CN. The molecule has 168 valence electrons. The molecule has 0 aliphatic heterocycles. The third-order valence-electron chi connectivity index (χ3n) is 10.7. The predicted molar refractivity (Wildman–Crippen MR) is 122 cm³/mol. The lowest BCUT2D eigenvalue weighted by Gasteiger charge is -2.40. The summed E-state index contributed by atoms with van der Waals surface area (Å²) < 4.78 is 0. The lowest BCUT2D eigenvalue weighted by molar-refractivity contribution is 0.0973. The zero-order valence-corrected chi connectivity index (χ0v) is 19.6. The first kappa shape index (κ1) is 22.1. The first-order chi connectivity index (χ1) is 13.7. The van der Waals surface area contributed by atoms with Gasteiger partial charge in [0.1, 0.15) is 0 Å². The van der Waals surface area contributed by atoms with Gasteiger partial charge in [0.2, 0.25) is 0 Å².